The van der Waals surface area contributed by atoms with E-state index in [1.165, 1.54) is 61.6 Å². The van der Waals surface area contributed by atoms with E-state index in [-0.39, 0.29) is 0 Å². The van der Waals surface area contributed by atoms with Gasteiger partial charge in [0, 0.05) is 24.9 Å². The number of thioether (sulfide) groups is 1. The molecular weight excluding hydrogens is 364 g/mol. The summed E-state index contributed by atoms with van der Waals surface area (Å²) in [5, 5.41) is 8.19. The van der Waals surface area contributed by atoms with Gasteiger partial charge in [-0.3, -0.25) is 10.6 Å². The highest BCUT2D eigenvalue weighted by atomic mass is 32.2. The van der Waals surface area contributed by atoms with Crippen LogP contribution in [-0.2, 0) is 17.8 Å². The Labute approximate surface area is 177 Å². The Kier molecular flexibility index (Phi) is 10.9. The molecule has 0 spiro atoms. The van der Waals surface area contributed by atoms with Crippen LogP contribution >= 0.6 is 11.8 Å². The van der Waals surface area contributed by atoms with Crippen molar-refractivity contribution in [3.63, 3.8) is 0 Å². The first kappa shape index (κ1) is 23.7. The van der Waals surface area contributed by atoms with E-state index < -0.39 is 0 Å². The fourth-order valence-corrected chi connectivity index (χ4v) is 5.18. The molecule has 1 aromatic carbocycles. The third-order valence-corrected chi connectivity index (χ3v) is 7.20. The molecule has 0 bridgehead atoms. The molecule has 1 aliphatic heterocycles. The van der Waals surface area contributed by atoms with Gasteiger partial charge in [0.1, 0.15) is 5.50 Å². The predicted octanol–water partition coefficient (Wildman–Crippen LogP) is 5.65. The molecule has 4 unspecified atom stereocenters. The second-order valence-electron chi connectivity index (χ2n) is 8.43. The molecule has 0 radical (unpaired) electrons. The van der Waals surface area contributed by atoms with Crippen molar-refractivity contribution in [2.24, 2.45) is 5.92 Å². The summed E-state index contributed by atoms with van der Waals surface area (Å²) in [6.07, 6.45) is 9.22. The van der Waals surface area contributed by atoms with Crippen LogP contribution < -0.4 is 10.6 Å². The van der Waals surface area contributed by atoms with Crippen molar-refractivity contribution in [1.29, 1.82) is 0 Å². The molecule has 2 N–H and O–H groups in total. The third kappa shape index (κ3) is 7.70. The van der Waals surface area contributed by atoms with Crippen molar-refractivity contribution in [1.82, 2.24) is 10.6 Å². The van der Waals surface area contributed by atoms with Crippen LogP contribution in [0.2, 0.25) is 0 Å². The quantitative estimate of drug-likeness (QED) is 0.585. The molecular formula is C24H42N2OS. The minimum absolute atomic E-state index is 0.459. The number of aryl methyl sites for hydroxylation is 2. The van der Waals surface area contributed by atoms with E-state index in [9.17, 15) is 0 Å². The number of unbranched alkanes of at least 4 members (excludes halogenated alkanes) is 1. The van der Waals surface area contributed by atoms with Gasteiger partial charge in [0.05, 0.1) is 6.61 Å². The number of nitrogens with one attached hydrogen (secondary N) is 2. The first-order valence-electron chi connectivity index (χ1n) is 11.3. The maximum atomic E-state index is 5.26. The molecule has 3 rings (SSSR count). The van der Waals surface area contributed by atoms with Crippen LogP contribution in [0.3, 0.4) is 0 Å². The van der Waals surface area contributed by atoms with E-state index in [0.717, 1.165) is 17.7 Å². The predicted molar refractivity (Wildman–Crippen MR) is 124 cm³/mol. The zero-order valence-corrected chi connectivity index (χ0v) is 19.5. The van der Waals surface area contributed by atoms with E-state index in [2.05, 4.69) is 56.5 Å². The molecule has 4 heteroatoms. The molecule has 1 saturated carbocycles. The summed E-state index contributed by atoms with van der Waals surface area (Å²) in [6, 6.07) is 7.56. The molecule has 160 valence electrons. The summed E-state index contributed by atoms with van der Waals surface area (Å²) in [4.78, 5) is 0. The first-order chi connectivity index (χ1) is 13.6. The van der Waals surface area contributed by atoms with Crippen LogP contribution in [-0.4, -0.2) is 30.4 Å². The van der Waals surface area contributed by atoms with Crippen LogP contribution in [0.5, 0.6) is 0 Å². The Balaban J connectivity index is 0.000000640. The average molecular weight is 407 g/mol. The molecule has 1 aliphatic carbocycles. The van der Waals surface area contributed by atoms with Gasteiger partial charge in [0.25, 0.3) is 0 Å². The van der Waals surface area contributed by atoms with Crippen LogP contribution in [0, 0.1) is 12.8 Å². The number of ether oxygens (including phenoxy) is 1. The molecule has 4 atom stereocenters. The minimum Gasteiger partial charge on any atom is -0.380 e. The van der Waals surface area contributed by atoms with Gasteiger partial charge in [-0.1, -0.05) is 58.2 Å². The highest BCUT2D eigenvalue weighted by molar-refractivity contribution is 8.00. The molecule has 1 heterocycles. The van der Waals surface area contributed by atoms with Gasteiger partial charge in [0.2, 0.25) is 0 Å². The van der Waals surface area contributed by atoms with E-state index in [0.29, 0.717) is 18.1 Å². The van der Waals surface area contributed by atoms with Crippen LogP contribution in [0.25, 0.3) is 0 Å². The smallest absolute Gasteiger partial charge is 0.106 e. The number of benzene rings is 1. The van der Waals surface area contributed by atoms with Gasteiger partial charge in [-0.15, -0.1) is 11.8 Å². The molecule has 3 nitrogen and oxygen atoms in total. The van der Waals surface area contributed by atoms with Gasteiger partial charge in [-0.2, -0.15) is 0 Å². The summed E-state index contributed by atoms with van der Waals surface area (Å²) in [6.45, 7) is 10.7. The lowest BCUT2D eigenvalue weighted by molar-refractivity contribution is 0.184. The Hall–Kier alpha value is -0.550. The van der Waals surface area contributed by atoms with E-state index in [1.54, 1.807) is 7.11 Å². The normalized spacial score (nSPS) is 26.9. The van der Waals surface area contributed by atoms with E-state index in [1.807, 2.05) is 11.8 Å². The van der Waals surface area contributed by atoms with E-state index in [4.69, 9.17) is 4.74 Å². The van der Waals surface area contributed by atoms with Gasteiger partial charge in [0.15, 0.2) is 0 Å². The Morgan fingerprint density at radius 3 is 2.61 bits per heavy atom. The molecule has 2 aliphatic rings. The molecule has 0 aromatic heterocycles. The van der Waals surface area contributed by atoms with Crippen molar-refractivity contribution < 1.29 is 4.74 Å². The lowest BCUT2D eigenvalue weighted by atomic mass is 9.94. The van der Waals surface area contributed by atoms with E-state index >= 15 is 0 Å². The summed E-state index contributed by atoms with van der Waals surface area (Å²) < 4.78 is 5.26. The fourth-order valence-electron chi connectivity index (χ4n) is 4.08. The maximum Gasteiger partial charge on any atom is 0.106 e. The van der Waals surface area contributed by atoms with Crippen molar-refractivity contribution >= 4 is 11.8 Å². The van der Waals surface area contributed by atoms with Crippen molar-refractivity contribution in [2.75, 3.05) is 13.7 Å². The molecule has 1 aromatic rings. The van der Waals surface area contributed by atoms with Gasteiger partial charge in [-0.25, -0.2) is 0 Å². The van der Waals surface area contributed by atoms with Gasteiger partial charge < -0.3 is 4.74 Å². The minimum atomic E-state index is 0.459. The largest absolute Gasteiger partial charge is 0.380 e. The Bertz CT molecular complexity index is 564. The number of methoxy groups -OCH3 is 1. The SMILES string of the molecule is CCCC.COCc1ccc(CCC2CCCC2NC2NCC(C)S2)cc1C. The fraction of sp³-hybridized carbons (Fsp3) is 0.750. The van der Waals surface area contributed by atoms with Crippen molar-refractivity contribution in [2.45, 2.75) is 96.0 Å². The summed E-state index contributed by atoms with van der Waals surface area (Å²) in [7, 11) is 1.76. The van der Waals surface area contributed by atoms with Crippen molar-refractivity contribution in [3.05, 3.63) is 34.9 Å². The van der Waals surface area contributed by atoms with Crippen LogP contribution in [0.4, 0.5) is 0 Å². The second-order valence-corrected chi connectivity index (χ2v) is 9.98. The highest BCUT2D eigenvalue weighted by Gasteiger charge is 2.31. The summed E-state index contributed by atoms with van der Waals surface area (Å²) in [5.74, 6) is 0.822. The standard InChI is InChI=1S/C20H32N2OS.C4H10/c1-14-11-16(8-10-18(14)13-23-3)7-9-17-5-4-6-19(17)22-20-21-12-15(2)24-20;1-3-4-2/h8,10-11,15,17,19-22H,4-7,9,12-13H2,1-3H3;3-4H2,1-2H3. The zero-order valence-electron chi connectivity index (χ0n) is 18.7. The third-order valence-electron chi connectivity index (χ3n) is 5.99. The monoisotopic (exact) mass is 406 g/mol. The highest BCUT2D eigenvalue weighted by Crippen LogP contribution is 2.32. The van der Waals surface area contributed by atoms with Crippen molar-refractivity contribution in [3.8, 4) is 0 Å². The second kappa shape index (κ2) is 12.9. The number of hydrogen-bond acceptors (Lipinski definition) is 4. The van der Waals surface area contributed by atoms with Crippen LogP contribution in [0.15, 0.2) is 18.2 Å². The number of rotatable bonds is 8. The summed E-state index contributed by atoms with van der Waals surface area (Å²) in [5.41, 5.74) is 4.59. The lowest BCUT2D eigenvalue weighted by Gasteiger charge is -2.24. The van der Waals surface area contributed by atoms with Crippen LogP contribution in [0.1, 0.15) is 76.0 Å². The Morgan fingerprint density at radius 1 is 1.21 bits per heavy atom. The topological polar surface area (TPSA) is 33.3 Å². The first-order valence-corrected chi connectivity index (χ1v) is 12.2. The van der Waals surface area contributed by atoms with Gasteiger partial charge >= 0.3 is 0 Å². The average Bonchev–Trinajstić information content (AvgIpc) is 3.31. The molecule has 28 heavy (non-hydrogen) atoms. The summed E-state index contributed by atoms with van der Waals surface area (Å²) >= 11 is 2.04. The maximum absolute atomic E-state index is 5.26. The Morgan fingerprint density at radius 2 is 2.00 bits per heavy atom. The molecule has 0 amide bonds. The molecule has 2 fully saturated rings. The number of hydrogen-bond donors (Lipinski definition) is 2. The molecule has 1 saturated heterocycles. The van der Waals surface area contributed by atoms with Gasteiger partial charge in [-0.05, 0) is 55.2 Å². The zero-order chi connectivity index (χ0) is 20.4. The lowest BCUT2D eigenvalue weighted by Crippen LogP contribution is -2.44.